The Morgan fingerprint density at radius 2 is 2.13 bits per heavy atom. The van der Waals surface area contributed by atoms with Crippen molar-refractivity contribution in [1.29, 1.82) is 0 Å². The molecule has 0 amide bonds. The molecule has 0 radical (unpaired) electrons. The molecule has 0 aromatic heterocycles. The molecule has 0 spiro atoms. The van der Waals surface area contributed by atoms with Gasteiger partial charge in [-0.25, -0.2) is 0 Å². The number of carbonyl (C=O) groups is 1. The lowest BCUT2D eigenvalue weighted by Gasteiger charge is -2.39. The maximum absolute atomic E-state index is 11.2. The van der Waals surface area contributed by atoms with Gasteiger partial charge in [-0.3, -0.25) is 9.69 Å². The molecule has 0 saturated carbocycles. The third-order valence-electron chi connectivity index (χ3n) is 3.95. The van der Waals surface area contributed by atoms with Crippen molar-refractivity contribution in [2.75, 3.05) is 26.2 Å². The van der Waals surface area contributed by atoms with Crippen LogP contribution in [0.25, 0.3) is 0 Å². The molecule has 15 heavy (non-hydrogen) atoms. The summed E-state index contributed by atoms with van der Waals surface area (Å²) in [4.78, 5) is 16.3. The van der Waals surface area contributed by atoms with Crippen molar-refractivity contribution in [2.24, 2.45) is 0 Å². The standard InChI is InChI=1S/C12H18N2O/c15-12-4-3-10(8-12)14-7-6-13-5-1-2-11(13)9-14/h8,11H,1-7,9H2. The molecule has 1 aliphatic carbocycles. The van der Waals surface area contributed by atoms with Crippen LogP contribution in [0, 0.1) is 0 Å². The van der Waals surface area contributed by atoms with Crippen LogP contribution in [0.5, 0.6) is 0 Å². The summed E-state index contributed by atoms with van der Waals surface area (Å²) in [5.74, 6) is 0.318. The lowest BCUT2D eigenvalue weighted by atomic mass is 10.1. The van der Waals surface area contributed by atoms with Gasteiger partial charge in [0.2, 0.25) is 0 Å². The van der Waals surface area contributed by atoms with Crippen molar-refractivity contribution in [2.45, 2.75) is 31.7 Å². The quantitative estimate of drug-likeness (QED) is 0.640. The second kappa shape index (κ2) is 3.63. The highest BCUT2D eigenvalue weighted by Crippen LogP contribution is 2.26. The van der Waals surface area contributed by atoms with Gasteiger partial charge >= 0.3 is 0 Å². The molecule has 0 aromatic carbocycles. The van der Waals surface area contributed by atoms with Crippen LogP contribution in [0.3, 0.4) is 0 Å². The highest BCUT2D eigenvalue weighted by Gasteiger charge is 2.32. The van der Waals surface area contributed by atoms with Crippen LogP contribution < -0.4 is 0 Å². The van der Waals surface area contributed by atoms with Crippen LogP contribution in [0.15, 0.2) is 11.8 Å². The topological polar surface area (TPSA) is 23.6 Å². The Kier molecular flexibility index (Phi) is 2.28. The summed E-state index contributed by atoms with van der Waals surface area (Å²) in [6.45, 7) is 4.75. The fourth-order valence-corrected chi connectivity index (χ4v) is 3.08. The number of nitrogens with zero attached hydrogens (tertiary/aromatic N) is 2. The lowest BCUT2D eigenvalue weighted by Crippen LogP contribution is -2.49. The zero-order chi connectivity index (χ0) is 10.3. The summed E-state index contributed by atoms with van der Waals surface area (Å²) >= 11 is 0. The largest absolute Gasteiger partial charge is 0.372 e. The number of ketones is 1. The molecule has 1 unspecified atom stereocenters. The summed E-state index contributed by atoms with van der Waals surface area (Å²) in [6, 6.07) is 0.760. The molecule has 2 aliphatic heterocycles. The minimum absolute atomic E-state index is 0.318. The zero-order valence-electron chi connectivity index (χ0n) is 9.11. The molecule has 0 N–H and O–H groups in total. The second-order valence-electron chi connectivity index (χ2n) is 4.88. The van der Waals surface area contributed by atoms with Gasteiger partial charge < -0.3 is 4.90 Å². The zero-order valence-corrected chi connectivity index (χ0v) is 9.11. The normalized spacial score (nSPS) is 32.0. The van der Waals surface area contributed by atoms with Crippen LogP contribution in [0.4, 0.5) is 0 Å². The summed E-state index contributed by atoms with van der Waals surface area (Å²) in [7, 11) is 0. The highest BCUT2D eigenvalue weighted by molar-refractivity contribution is 5.92. The number of piperazine rings is 1. The van der Waals surface area contributed by atoms with Gasteiger partial charge in [-0.05, 0) is 25.8 Å². The summed E-state index contributed by atoms with van der Waals surface area (Å²) in [5.41, 5.74) is 1.30. The van der Waals surface area contributed by atoms with E-state index in [0.717, 1.165) is 32.0 Å². The van der Waals surface area contributed by atoms with E-state index >= 15 is 0 Å². The van der Waals surface area contributed by atoms with E-state index in [9.17, 15) is 4.79 Å². The lowest BCUT2D eigenvalue weighted by molar-refractivity contribution is -0.114. The van der Waals surface area contributed by atoms with Gasteiger partial charge in [-0.2, -0.15) is 0 Å². The van der Waals surface area contributed by atoms with Gasteiger partial charge in [0.1, 0.15) is 0 Å². The van der Waals surface area contributed by atoms with E-state index in [4.69, 9.17) is 0 Å². The number of carbonyl (C=O) groups excluding carboxylic acids is 1. The van der Waals surface area contributed by atoms with Gasteiger partial charge in [0, 0.05) is 43.9 Å². The Hall–Kier alpha value is -0.830. The molecule has 82 valence electrons. The summed E-state index contributed by atoms with van der Waals surface area (Å²) < 4.78 is 0. The molecule has 2 saturated heterocycles. The van der Waals surface area contributed by atoms with Crippen molar-refractivity contribution >= 4 is 5.78 Å². The van der Waals surface area contributed by atoms with Crippen LogP contribution in [-0.2, 0) is 4.79 Å². The fourth-order valence-electron chi connectivity index (χ4n) is 3.08. The van der Waals surface area contributed by atoms with Crippen molar-refractivity contribution < 1.29 is 4.79 Å². The summed E-state index contributed by atoms with van der Waals surface area (Å²) in [6.07, 6.45) is 6.28. The second-order valence-corrected chi connectivity index (χ2v) is 4.88. The molecule has 3 nitrogen and oxygen atoms in total. The molecule has 2 heterocycles. The third-order valence-corrected chi connectivity index (χ3v) is 3.95. The first kappa shape index (κ1) is 9.40. The first-order chi connectivity index (χ1) is 7.33. The number of fused-ring (bicyclic) bond motifs is 1. The molecule has 2 fully saturated rings. The average Bonchev–Trinajstić information content (AvgIpc) is 2.84. The summed E-state index contributed by atoms with van der Waals surface area (Å²) in [5, 5.41) is 0. The Morgan fingerprint density at radius 1 is 1.20 bits per heavy atom. The Morgan fingerprint density at radius 3 is 2.93 bits per heavy atom. The molecule has 3 rings (SSSR count). The van der Waals surface area contributed by atoms with E-state index in [1.807, 2.05) is 6.08 Å². The minimum Gasteiger partial charge on any atom is -0.372 e. The number of rotatable bonds is 1. The molecule has 0 aromatic rings. The maximum atomic E-state index is 11.2. The fraction of sp³-hybridized carbons (Fsp3) is 0.750. The van der Waals surface area contributed by atoms with Crippen molar-refractivity contribution in [3.05, 3.63) is 11.8 Å². The maximum Gasteiger partial charge on any atom is 0.157 e. The van der Waals surface area contributed by atoms with Gasteiger partial charge in [-0.1, -0.05) is 0 Å². The predicted octanol–water partition coefficient (Wildman–Crippen LogP) is 1.01. The van der Waals surface area contributed by atoms with Gasteiger partial charge in [-0.15, -0.1) is 0 Å². The van der Waals surface area contributed by atoms with Crippen molar-refractivity contribution in [1.82, 2.24) is 9.80 Å². The molecular weight excluding hydrogens is 188 g/mol. The van der Waals surface area contributed by atoms with E-state index in [2.05, 4.69) is 9.80 Å². The molecular formula is C12H18N2O. The van der Waals surface area contributed by atoms with E-state index < -0.39 is 0 Å². The number of hydrogen-bond donors (Lipinski definition) is 0. The van der Waals surface area contributed by atoms with Crippen LogP contribution >= 0.6 is 0 Å². The highest BCUT2D eigenvalue weighted by atomic mass is 16.1. The third kappa shape index (κ3) is 1.69. The first-order valence-corrected chi connectivity index (χ1v) is 6.05. The van der Waals surface area contributed by atoms with Gasteiger partial charge in [0.15, 0.2) is 5.78 Å². The Bertz CT molecular complexity index is 311. The Labute approximate surface area is 90.7 Å². The van der Waals surface area contributed by atoms with Gasteiger partial charge in [0.25, 0.3) is 0 Å². The molecule has 3 aliphatic rings. The molecule has 3 heteroatoms. The van der Waals surface area contributed by atoms with Gasteiger partial charge in [0.05, 0.1) is 0 Å². The van der Waals surface area contributed by atoms with Crippen LogP contribution in [0.1, 0.15) is 25.7 Å². The SMILES string of the molecule is O=C1C=C(N2CCN3CCCC3C2)CC1. The van der Waals surface area contributed by atoms with E-state index in [1.54, 1.807) is 0 Å². The minimum atomic E-state index is 0.318. The van der Waals surface area contributed by atoms with E-state index in [-0.39, 0.29) is 0 Å². The molecule has 0 bridgehead atoms. The number of hydrogen-bond acceptors (Lipinski definition) is 3. The smallest absolute Gasteiger partial charge is 0.157 e. The van der Waals surface area contributed by atoms with Crippen molar-refractivity contribution in [3.63, 3.8) is 0 Å². The number of allylic oxidation sites excluding steroid dienone is 2. The van der Waals surface area contributed by atoms with Crippen molar-refractivity contribution in [3.8, 4) is 0 Å². The van der Waals surface area contributed by atoms with E-state index in [1.165, 1.54) is 31.6 Å². The predicted molar refractivity (Wildman–Crippen MR) is 58.5 cm³/mol. The molecule has 1 atom stereocenters. The first-order valence-electron chi connectivity index (χ1n) is 6.05. The monoisotopic (exact) mass is 206 g/mol. The van der Waals surface area contributed by atoms with E-state index in [0.29, 0.717) is 5.78 Å². The van der Waals surface area contributed by atoms with Crippen LogP contribution in [0.2, 0.25) is 0 Å². The Balaban J connectivity index is 1.68. The average molecular weight is 206 g/mol. The van der Waals surface area contributed by atoms with Crippen LogP contribution in [-0.4, -0.2) is 47.8 Å².